The number of rotatable bonds is 6. The number of amides is 1. The Morgan fingerprint density at radius 2 is 2.22 bits per heavy atom. The lowest BCUT2D eigenvalue weighted by molar-refractivity contribution is -0.121. The van der Waals surface area contributed by atoms with Gasteiger partial charge in [0.1, 0.15) is 12.1 Å². The Bertz CT molecular complexity index is 1100. The van der Waals surface area contributed by atoms with E-state index in [1.165, 1.54) is 4.68 Å². The van der Waals surface area contributed by atoms with Crippen LogP contribution in [0.4, 0.5) is 0 Å². The van der Waals surface area contributed by atoms with E-state index in [1.807, 2.05) is 6.07 Å². The summed E-state index contributed by atoms with van der Waals surface area (Å²) in [5.74, 6) is 0.00650. The van der Waals surface area contributed by atoms with E-state index in [0.717, 1.165) is 23.9 Å². The van der Waals surface area contributed by atoms with Crippen LogP contribution in [0.5, 0.6) is 0 Å². The van der Waals surface area contributed by atoms with Gasteiger partial charge in [0.15, 0.2) is 0 Å². The number of nitrogens with one attached hydrogen (secondary N) is 1. The summed E-state index contributed by atoms with van der Waals surface area (Å²) >= 11 is 6.10. The summed E-state index contributed by atoms with van der Waals surface area (Å²) in [7, 11) is 0. The fraction of sp³-hybridized carbons (Fsp3) is 0.263. The average Bonchev–Trinajstić information content (AvgIpc) is 3.40. The first-order chi connectivity index (χ1) is 13.1. The molecule has 1 aromatic carbocycles. The lowest BCUT2D eigenvalue weighted by Crippen LogP contribution is -2.34. The van der Waals surface area contributed by atoms with Crippen LogP contribution in [0.3, 0.4) is 0 Å². The number of hydrogen-bond donors (Lipinski definition) is 1. The van der Waals surface area contributed by atoms with Crippen LogP contribution in [-0.2, 0) is 11.3 Å². The van der Waals surface area contributed by atoms with Crippen molar-refractivity contribution in [2.45, 2.75) is 25.3 Å². The molecule has 1 fully saturated rings. The molecule has 8 heteroatoms. The van der Waals surface area contributed by atoms with Gasteiger partial charge in [-0.05, 0) is 31.0 Å². The molecule has 0 bridgehead atoms. The second kappa shape index (κ2) is 7.00. The number of carbonyl (C=O) groups is 1. The summed E-state index contributed by atoms with van der Waals surface area (Å²) in [5, 5.41) is 12.8. The number of benzene rings is 1. The molecule has 0 atom stereocenters. The van der Waals surface area contributed by atoms with Gasteiger partial charge in [-0.2, -0.15) is 10.2 Å². The number of hydrogen-bond acceptors (Lipinski definition) is 4. The molecule has 7 nitrogen and oxygen atoms in total. The summed E-state index contributed by atoms with van der Waals surface area (Å²) in [4.78, 5) is 25.2. The van der Waals surface area contributed by atoms with Gasteiger partial charge in [-0.25, -0.2) is 9.36 Å². The van der Waals surface area contributed by atoms with Crippen LogP contribution in [-0.4, -0.2) is 32.0 Å². The summed E-state index contributed by atoms with van der Waals surface area (Å²) in [6, 6.07) is 7.13. The molecule has 3 aromatic rings. The third-order valence-electron chi connectivity index (χ3n) is 4.46. The highest BCUT2D eigenvalue weighted by Gasteiger charge is 2.30. The lowest BCUT2D eigenvalue weighted by Gasteiger charge is -2.10. The van der Waals surface area contributed by atoms with Crippen LogP contribution in [0.15, 0.2) is 47.9 Å². The maximum Gasteiger partial charge on any atom is 0.293 e. The number of nitrogens with zero attached hydrogens (tertiary/aromatic N) is 4. The van der Waals surface area contributed by atoms with E-state index >= 15 is 0 Å². The molecule has 2 heterocycles. The van der Waals surface area contributed by atoms with E-state index in [1.54, 1.807) is 35.2 Å². The van der Waals surface area contributed by atoms with Crippen molar-refractivity contribution in [1.29, 1.82) is 0 Å². The van der Waals surface area contributed by atoms with E-state index < -0.39 is 0 Å². The molecule has 0 unspecified atom stereocenters. The van der Waals surface area contributed by atoms with Crippen molar-refractivity contribution >= 4 is 28.4 Å². The first-order valence-electron chi connectivity index (χ1n) is 8.70. The zero-order chi connectivity index (χ0) is 19.0. The minimum Gasteiger partial charge on any atom is -0.351 e. The molecule has 0 radical (unpaired) electrons. The zero-order valence-electron chi connectivity index (χ0n) is 14.6. The Hall–Kier alpha value is -2.93. The predicted molar refractivity (Wildman–Crippen MR) is 103 cm³/mol. The fourth-order valence-electron chi connectivity index (χ4n) is 3.04. The monoisotopic (exact) mass is 383 g/mol. The van der Waals surface area contributed by atoms with Crippen molar-refractivity contribution in [3.8, 4) is 5.69 Å². The number of carbonyl (C=O) groups excluding carboxylic acids is 1. The van der Waals surface area contributed by atoms with Crippen LogP contribution < -0.4 is 10.9 Å². The molecule has 27 heavy (non-hydrogen) atoms. The van der Waals surface area contributed by atoms with E-state index in [9.17, 15) is 9.59 Å². The highest BCUT2D eigenvalue weighted by Crippen LogP contribution is 2.41. The molecule has 2 aromatic heterocycles. The number of fused-ring (bicyclic) bond motifs is 1. The van der Waals surface area contributed by atoms with Gasteiger partial charge in [0.2, 0.25) is 5.91 Å². The Labute approximate surface area is 160 Å². The quantitative estimate of drug-likeness (QED) is 0.663. The third kappa shape index (κ3) is 3.38. The Balaban J connectivity index is 1.86. The van der Waals surface area contributed by atoms with Crippen LogP contribution in [0.2, 0.25) is 5.02 Å². The smallest absolute Gasteiger partial charge is 0.293 e. The van der Waals surface area contributed by atoms with Gasteiger partial charge in [-0.3, -0.25) is 9.59 Å². The van der Waals surface area contributed by atoms with Crippen molar-refractivity contribution in [2.24, 2.45) is 0 Å². The predicted octanol–water partition coefficient (Wildman–Crippen LogP) is 2.42. The van der Waals surface area contributed by atoms with Gasteiger partial charge in [-0.1, -0.05) is 23.7 Å². The third-order valence-corrected chi connectivity index (χ3v) is 4.70. The van der Waals surface area contributed by atoms with Crippen LogP contribution in [0.25, 0.3) is 16.6 Å². The summed E-state index contributed by atoms with van der Waals surface area (Å²) < 4.78 is 2.78. The maximum atomic E-state index is 13.1. The first-order valence-corrected chi connectivity index (χ1v) is 9.08. The second-order valence-corrected chi connectivity index (χ2v) is 6.95. The van der Waals surface area contributed by atoms with Gasteiger partial charge in [-0.15, -0.1) is 6.58 Å². The molecule has 1 N–H and O–H groups in total. The molecule has 1 aliphatic rings. The van der Waals surface area contributed by atoms with Crippen LogP contribution >= 0.6 is 11.6 Å². The average molecular weight is 384 g/mol. The zero-order valence-corrected chi connectivity index (χ0v) is 15.3. The second-order valence-electron chi connectivity index (χ2n) is 6.51. The number of halogens is 1. The molecule has 1 amide bonds. The molecule has 0 aliphatic heterocycles. The van der Waals surface area contributed by atoms with Gasteiger partial charge < -0.3 is 5.32 Å². The standard InChI is InChI=1S/C19H18ClN5O2/c1-2-8-21-16(26)11-24-19(27)18-15(17(23-24)12-6-7-12)10-22-25(18)14-5-3-4-13(20)9-14/h2-5,9-10,12H,1,6-8,11H2,(H,21,26). The molecular weight excluding hydrogens is 366 g/mol. The molecule has 4 rings (SSSR count). The van der Waals surface area contributed by atoms with Crippen LogP contribution in [0.1, 0.15) is 24.5 Å². The highest BCUT2D eigenvalue weighted by molar-refractivity contribution is 6.30. The molecular formula is C19H18ClN5O2. The lowest BCUT2D eigenvalue weighted by atomic mass is 10.2. The summed E-state index contributed by atoms with van der Waals surface area (Å²) in [6.45, 7) is 3.76. The Morgan fingerprint density at radius 1 is 1.41 bits per heavy atom. The fourth-order valence-corrected chi connectivity index (χ4v) is 3.22. The maximum absolute atomic E-state index is 13.1. The highest BCUT2D eigenvalue weighted by atomic mass is 35.5. The van der Waals surface area contributed by atoms with Crippen molar-refractivity contribution < 1.29 is 4.79 Å². The topological polar surface area (TPSA) is 81.8 Å². The molecule has 0 spiro atoms. The van der Waals surface area contributed by atoms with Gasteiger partial charge in [0.05, 0.1) is 17.6 Å². The summed E-state index contributed by atoms with van der Waals surface area (Å²) in [6.07, 6.45) is 5.29. The summed E-state index contributed by atoms with van der Waals surface area (Å²) in [5.41, 5.74) is 1.55. The molecule has 0 saturated heterocycles. The minimum atomic E-state index is -0.361. The minimum absolute atomic E-state index is 0.150. The largest absolute Gasteiger partial charge is 0.351 e. The molecule has 138 valence electrons. The van der Waals surface area contributed by atoms with E-state index in [4.69, 9.17) is 11.6 Å². The molecule has 1 aliphatic carbocycles. The van der Waals surface area contributed by atoms with Gasteiger partial charge >= 0.3 is 0 Å². The Kier molecular flexibility index (Phi) is 4.53. The van der Waals surface area contributed by atoms with Gasteiger partial charge in [0.25, 0.3) is 5.56 Å². The van der Waals surface area contributed by atoms with E-state index in [-0.39, 0.29) is 18.0 Å². The number of aromatic nitrogens is 4. The molecule has 1 saturated carbocycles. The van der Waals surface area contributed by atoms with Crippen molar-refractivity contribution in [2.75, 3.05) is 6.54 Å². The van der Waals surface area contributed by atoms with E-state index in [2.05, 4.69) is 22.1 Å². The van der Waals surface area contributed by atoms with Gasteiger partial charge in [0, 0.05) is 22.9 Å². The van der Waals surface area contributed by atoms with Crippen LogP contribution in [0, 0.1) is 0 Å². The first kappa shape index (κ1) is 17.5. The Morgan fingerprint density at radius 3 is 2.93 bits per heavy atom. The SMILES string of the molecule is C=CCNC(=O)Cn1nc(C2CC2)c2cnn(-c3cccc(Cl)c3)c2c1=O. The normalized spacial score (nSPS) is 13.7. The van der Waals surface area contributed by atoms with Crippen molar-refractivity contribution in [1.82, 2.24) is 24.9 Å². The van der Waals surface area contributed by atoms with Crippen molar-refractivity contribution in [3.63, 3.8) is 0 Å². The van der Waals surface area contributed by atoms with Crippen molar-refractivity contribution in [3.05, 3.63) is 64.2 Å². The van der Waals surface area contributed by atoms with E-state index in [0.29, 0.717) is 28.7 Å².